The second-order valence-corrected chi connectivity index (χ2v) is 5.90. The van der Waals surface area contributed by atoms with Gasteiger partial charge < -0.3 is 5.73 Å². The highest BCUT2D eigenvalue weighted by Crippen LogP contribution is 2.31. The fourth-order valence-electron chi connectivity index (χ4n) is 3.04. The molecule has 2 N–H and O–H groups in total. The zero-order valence-electron chi connectivity index (χ0n) is 11.4. The van der Waals surface area contributed by atoms with E-state index in [0.29, 0.717) is 6.04 Å². The summed E-state index contributed by atoms with van der Waals surface area (Å²) in [6.45, 7) is 4.67. The van der Waals surface area contributed by atoms with Crippen LogP contribution in [0.25, 0.3) is 0 Å². The van der Waals surface area contributed by atoms with Gasteiger partial charge >= 0.3 is 0 Å². The molecule has 0 bridgehead atoms. The third-order valence-corrected chi connectivity index (χ3v) is 4.23. The summed E-state index contributed by atoms with van der Waals surface area (Å²) in [7, 11) is 0. The number of nitrogens with two attached hydrogens (primary N) is 1. The number of rotatable bonds is 7. The molecule has 0 saturated heterocycles. The summed E-state index contributed by atoms with van der Waals surface area (Å²) in [6, 6.07) is 0.506. The van der Waals surface area contributed by atoms with Crippen LogP contribution in [0.15, 0.2) is 0 Å². The molecule has 0 aromatic carbocycles. The van der Waals surface area contributed by atoms with Gasteiger partial charge in [0.15, 0.2) is 0 Å². The molecule has 16 heavy (non-hydrogen) atoms. The predicted octanol–water partition coefficient (Wildman–Crippen LogP) is 4.50. The van der Waals surface area contributed by atoms with E-state index in [1.165, 1.54) is 64.2 Å². The van der Waals surface area contributed by atoms with Crippen LogP contribution < -0.4 is 5.73 Å². The molecule has 0 heterocycles. The lowest BCUT2D eigenvalue weighted by atomic mass is 9.77. The standard InChI is InChI=1S/C15H31N/c1-3-4-5-6-7-8-9-14-12-13(2)10-11-15(14)16/h13-15H,3-12,16H2,1-2H3. The van der Waals surface area contributed by atoms with E-state index < -0.39 is 0 Å². The highest BCUT2D eigenvalue weighted by molar-refractivity contribution is 4.80. The summed E-state index contributed by atoms with van der Waals surface area (Å²) in [4.78, 5) is 0. The minimum Gasteiger partial charge on any atom is -0.327 e. The van der Waals surface area contributed by atoms with Gasteiger partial charge in [-0.3, -0.25) is 0 Å². The maximum atomic E-state index is 6.20. The van der Waals surface area contributed by atoms with Crippen molar-refractivity contribution in [1.29, 1.82) is 0 Å². The van der Waals surface area contributed by atoms with Crippen LogP contribution in [0.3, 0.4) is 0 Å². The molecule has 0 amide bonds. The van der Waals surface area contributed by atoms with Gasteiger partial charge in [-0.25, -0.2) is 0 Å². The molecule has 1 aliphatic rings. The van der Waals surface area contributed by atoms with Crippen LogP contribution in [0.4, 0.5) is 0 Å². The molecular formula is C15H31N. The van der Waals surface area contributed by atoms with Crippen molar-refractivity contribution >= 4 is 0 Å². The summed E-state index contributed by atoms with van der Waals surface area (Å²) in [5.74, 6) is 1.75. The Labute approximate surface area is 102 Å². The molecule has 3 atom stereocenters. The Bertz CT molecular complexity index is 167. The maximum absolute atomic E-state index is 6.20. The molecule has 1 rings (SSSR count). The molecule has 1 aliphatic carbocycles. The third-order valence-electron chi connectivity index (χ3n) is 4.23. The fraction of sp³-hybridized carbons (Fsp3) is 1.00. The minimum absolute atomic E-state index is 0.506. The SMILES string of the molecule is CCCCCCCCC1CC(C)CCC1N. The van der Waals surface area contributed by atoms with Crippen molar-refractivity contribution in [3.8, 4) is 0 Å². The van der Waals surface area contributed by atoms with Crippen molar-refractivity contribution in [2.24, 2.45) is 17.6 Å². The van der Waals surface area contributed by atoms with Gasteiger partial charge in [0, 0.05) is 6.04 Å². The van der Waals surface area contributed by atoms with Gasteiger partial charge in [0.25, 0.3) is 0 Å². The Morgan fingerprint density at radius 1 is 1.00 bits per heavy atom. The monoisotopic (exact) mass is 225 g/mol. The summed E-state index contributed by atoms with van der Waals surface area (Å²) in [6.07, 6.45) is 13.9. The van der Waals surface area contributed by atoms with Gasteiger partial charge in [0.05, 0.1) is 0 Å². The molecule has 1 saturated carbocycles. The highest BCUT2D eigenvalue weighted by atomic mass is 14.7. The van der Waals surface area contributed by atoms with Crippen molar-refractivity contribution in [2.75, 3.05) is 0 Å². The van der Waals surface area contributed by atoms with E-state index in [1.807, 2.05) is 0 Å². The fourth-order valence-corrected chi connectivity index (χ4v) is 3.04. The Morgan fingerprint density at radius 2 is 1.69 bits per heavy atom. The zero-order chi connectivity index (χ0) is 11.8. The maximum Gasteiger partial charge on any atom is 0.00673 e. The van der Waals surface area contributed by atoms with E-state index >= 15 is 0 Å². The van der Waals surface area contributed by atoms with Gasteiger partial charge in [-0.2, -0.15) is 0 Å². The van der Waals surface area contributed by atoms with Gasteiger partial charge in [0.1, 0.15) is 0 Å². The molecular weight excluding hydrogens is 194 g/mol. The van der Waals surface area contributed by atoms with Crippen molar-refractivity contribution in [3.63, 3.8) is 0 Å². The Morgan fingerprint density at radius 3 is 2.44 bits per heavy atom. The summed E-state index contributed by atoms with van der Waals surface area (Å²) in [5, 5.41) is 0. The smallest absolute Gasteiger partial charge is 0.00673 e. The number of hydrogen-bond acceptors (Lipinski definition) is 1. The molecule has 0 radical (unpaired) electrons. The van der Waals surface area contributed by atoms with Crippen molar-refractivity contribution in [3.05, 3.63) is 0 Å². The van der Waals surface area contributed by atoms with Crippen LogP contribution in [0.5, 0.6) is 0 Å². The van der Waals surface area contributed by atoms with E-state index in [2.05, 4.69) is 13.8 Å². The molecule has 3 unspecified atom stereocenters. The molecule has 1 fully saturated rings. The van der Waals surface area contributed by atoms with Crippen LogP contribution in [0, 0.1) is 11.8 Å². The lowest BCUT2D eigenvalue weighted by molar-refractivity contribution is 0.229. The van der Waals surface area contributed by atoms with Crippen molar-refractivity contribution < 1.29 is 0 Å². The molecule has 96 valence electrons. The average Bonchev–Trinajstić information content (AvgIpc) is 2.28. The third kappa shape index (κ3) is 5.34. The number of hydrogen-bond donors (Lipinski definition) is 1. The molecule has 0 aromatic rings. The largest absolute Gasteiger partial charge is 0.327 e. The average molecular weight is 225 g/mol. The van der Waals surface area contributed by atoms with Crippen LogP contribution in [-0.2, 0) is 0 Å². The molecule has 0 spiro atoms. The van der Waals surface area contributed by atoms with Crippen LogP contribution in [0.1, 0.15) is 78.1 Å². The first-order chi connectivity index (χ1) is 7.74. The van der Waals surface area contributed by atoms with Crippen molar-refractivity contribution in [1.82, 2.24) is 0 Å². The summed E-state index contributed by atoms with van der Waals surface area (Å²) < 4.78 is 0. The zero-order valence-corrected chi connectivity index (χ0v) is 11.4. The van der Waals surface area contributed by atoms with Crippen LogP contribution in [0.2, 0.25) is 0 Å². The summed E-state index contributed by atoms with van der Waals surface area (Å²) in [5.41, 5.74) is 6.20. The first-order valence-electron chi connectivity index (χ1n) is 7.49. The molecule has 0 aromatic heterocycles. The van der Waals surface area contributed by atoms with E-state index in [4.69, 9.17) is 5.73 Å². The van der Waals surface area contributed by atoms with Crippen molar-refractivity contribution in [2.45, 2.75) is 84.1 Å². The lowest BCUT2D eigenvalue weighted by Crippen LogP contribution is -2.35. The summed E-state index contributed by atoms with van der Waals surface area (Å²) >= 11 is 0. The lowest BCUT2D eigenvalue weighted by Gasteiger charge is -2.32. The quantitative estimate of drug-likeness (QED) is 0.634. The van der Waals surface area contributed by atoms with E-state index in [1.54, 1.807) is 0 Å². The molecule has 1 nitrogen and oxygen atoms in total. The first kappa shape index (κ1) is 14.0. The van der Waals surface area contributed by atoms with Gasteiger partial charge in [-0.15, -0.1) is 0 Å². The van der Waals surface area contributed by atoms with E-state index in [-0.39, 0.29) is 0 Å². The van der Waals surface area contributed by atoms with Crippen LogP contribution in [-0.4, -0.2) is 6.04 Å². The van der Waals surface area contributed by atoms with Crippen LogP contribution >= 0.6 is 0 Å². The predicted molar refractivity (Wildman–Crippen MR) is 72.5 cm³/mol. The van der Waals surface area contributed by atoms with Gasteiger partial charge in [0.2, 0.25) is 0 Å². The Balaban J connectivity index is 2.02. The second kappa shape index (κ2) is 8.11. The Kier molecular flexibility index (Phi) is 7.11. The number of unbranched alkanes of at least 4 members (excludes halogenated alkanes) is 5. The molecule has 1 heteroatoms. The van der Waals surface area contributed by atoms with E-state index in [9.17, 15) is 0 Å². The topological polar surface area (TPSA) is 26.0 Å². The first-order valence-corrected chi connectivity index (χ1v) is 7.49. The highest BCUT2D eigenvalue weighted by Gasteiger charge is 2.25. The van der Waals surface area contributed by atoms with E-state index in [0.717, 1.165) is 11.8 Å². The minimum atomic E-state index is 0.506. The van der Waals surface area contributed by atoms with Gasteiger partial charge in [-0.05, 0) is 37.5 Å². The normalized spacial score (nSPS) is 30.6. The molecule has 0 aliphatic heterocycles. The Hall–Kier alpha value is -0.0400. The second-order valence-electron chi connectivity index (χ2n) is 5.90. The van der Waals surface area contributed by atoms with Gasteiger partial charge in [-0.1, -0.05) is 52.4 Å².